The highest BCUT2D eigenvalue weighted by Gasteiger charge is 2.27. The number of sulfonamides is 1. The molecule has 0 aromatic heterocycles. The van der Waals surface area contributed by atoms with Crippen LogP contribution in [0.3, 0.4) is 0 Å². The number of rotatable bonds is 8. The van der Waals surface area contributed by atoms with Crippen LogP contribution in [0, 0.1) is 0 Å². The van der Waals surface area contributed by atoms with Crippen LogP contribution in [0.1, 0.15) is 33.1 Å². The van der Waals surface area contributed by atoms with Crippen molar-refractivity contribution in [3.63, 3.8) is 0 Å². The van der Waals surface area contributed by atoms with Crippen molar-refractivity contribution in [1.29, 1.82) is 0 Å². The van der Waals surface area contributed by atoms with Crippen LogP contribution in [-0.2, 0) is 14.8 Å². The van der Waals surface area contributed by atoms with Gasteiger partial charge >= 0.3 is 0 Å². The number of benzene rings is 2. The van der Waals surface area contributed by atoms with E-state index in [1.165, 1.54) is 16.4 Å². The van der Waals surface area contributed by atoms with E-state index in [4.69, 9.17) is 21.1 Å². The molecular formula is C22H27ClN2O5S. The fourth-order valence-electron chi connectivity index (χ4n) is 3.27. The molecule has 3 rings (SSSR count). The minimum atomic E-state index is -3.65. The van der Waals surface area contributed by atoms with Crippen LogP contribution in [0.4, 0.5) is 5.69 Å². The summed E-state index contributed by atoms with van der Waals surface area (Å²) in [5.74, 6) is 0.410. The van der Waals surface area contributed by atoms with E-state index >= 15 is 0 Å². The maximum Gasteiger partial charge on any atom is 0.262 e. The third kappa shape index (κ3) is 6.35. The van der Waals surface area contributed by atoms with Crippen molar-refractivity contribution >= 4 is 33.2 Å². The number of nitrogens with one attached hydrogen (secondary N) is 1. The zero-order chi connectivity index (χ0) is 22.4. The molecule has 1 aliphatic heterocycles. The Balaban J connectivity index is 1.79. The second kappa shape index (κ2) is 10.3. The first-order chi connectivity index (χ1) is 14.8. The molecule has 1 saturated heterocycles. The molecule has 0 radical (unpaired) electrons. The van der Waals surface area contributed by atoms with Crippen molar-refractivity contribution in [2.24, 2.45) is 0 Å². The van der Waals surface area contributed by atoms with Crippen LogP contribution in [0.25, 0.3) is 0 Å². The smallest absolute Gasteiger partial charge is 0.262 e. The fourth-order valence-corrected chi connectivity index (χ4v) is 4.99. The molecule has 1 aliphatic rings. The first-order valence-corrected chi connectivity index (χ1v) is 12.1. The number of carbonyl (C=O) groups is 1. The van der Waals surface area contributed by atoms with Gasteiger partial charge in [-0.15, -0.1) is 0 Å². The maximum absolute atomic E-state index is 13.0. The molecular weight excluding hydrogens is 440 g/mol. The van der Waals surface area contributed by atoms with Crippen LogP contribution in [0.5, 0.6) is 11.5 Å². The highest BCUT2D eigenvalue weighted by Crippen LogP contribution is 2.31. The minimum Gasteiger partial charge on any atom is -0.489 e. The first-order valence-electron chi connectivity index (χ1n) is 10.2. The molecule has 2 aromatic rings. The standard InChI is InChI=1S/C22H27ClN2O5S/c1-16(2)30-21-10-9-19(31(27,28)25-11-4-3-5-12-25)14-20(21)24-22(26)15-29-18-8-6-7-17(23)13-18/h6-10,13-14,16H,3-5,11-12,15H2,1-2H3,(H,24,26). The monoisotopic (exact) mass is 466 g/mol. The van der Waals surface area contributed by atoms with Crippen molar-refractivity contribution in [3.05, 3.63) is 47.5 Å². The third-order valence-electron chi connectivity index (χ3n) is 4.71. The van der Waals surface area contributed by atoms with E-state index in [1.54, 1.807) is 30.3 Å². The van der Waals surface area contributed by atoms with Crippen molar-refractivity contribution in [1.82, 2.24) is 4.31 Å². The zero-order valence-corrected chi connectivity index (χ0v) is 19.2. The molecule has 0 spiro atoms. The molecule has 1 heterocycles. The van der Waals surface area contributed by atoms with E-state index in [-0.39, 0.29) is 23.3 Å². The van der Waals surface area contributed by atoms with Gasteiger partial charge < -0.3 is 14.8 Å². The Morgan fingerprint density at radius 2 is 1.87 bits per heavy atom. The minimum absolute atomic E-state index is 0.122. The molecule has 0 aliphatic carbocycles. The van der Waals surface area contributed by atoms with Gasteiger partial charge in [0.2, 0.25) is 10.0 Å². The summed E-state index contributed by atoms with van der Waals surface area (Å²) in [7, 11) is -3.65. The summed E-state index contributed by atoms with van der Waals surface area (Å²) >= 11 is 5.93. The van der Waals surface area contributed by atoms with Crippen molar-refractivity contribution in [3.8, 4) is 11.5 Å². The van der Waals surface area contributed by atoms with Gasteiger partial charge in [-0.2, -0.15) is 4.31 Å². The van der Waals surface area contributed by atoms with E-state index < -0.39 is 15.9 Å². The van der Waals surface area contributed by atoms with Gasteiger partial charge in [0, 0.05) is 18.1 Å². The summed E-state index contributed by atoms with van der Waals surface area (Å²) in [5, 5.41) is 3.21. The lowest BCUT2D eigenvalue weighted by Crippen LogP contribution is -2.35. The number of halogens is 1. The molecule has 0 atom stereocenters. The SMILES string of the molecule is CC(C)Oc1ccc(S(=O)(=O)N2CCCCC2)cc1NC(=O)COc1cccc(Cl)c1. The second-order valence-electron chi connectivity index (χ2n) is 7.58. The summed E-state index contributed by atoms with van der Waals surface area (Å²) in [5.41, 5.74) is 0.284. The van der Waals surface area contributed by atoms with E-state index in [2.05, 4.69) is 5.32 Å². The summed E-state index contributed by atoms with van der Waals surface area (Å²) in [6.45, 7) is 4.45. The number of hydrogen-bond donors (Lipinski definition) is 1. The van der Waals surface area contributed by atoms with E-state index in [0.717, 1.165) is 19.3 Å². The molecule has 1 amide bonds. The van der Waals surface area contributed by atoms with Crippen LogP contribution in [0.2, 0.25) is 5.02 Å². The van der Waals surface area contributed by atoms with Crippen LogP contribution >= 0.6 is 11.6 Å². The quantitative estimate of drug-likeness (QED) is 0.626. The number of nitrogens with zero attached hydrogens (tertiary/aromatic N) is 1. The molecule has 1 fully saturated rings. The molecule has 31 heavy (non-hydrogen) atoms. The Labute approximate surface area is 188 Å². The lowest BCUT2D eigenvalue weighted by atomic mass is 10.2. The highest BCUT2D eigenvalue weighted by molar-refractivity contribution is 7.89. The Morgan fingerprint density at radius 1 is 1.13 bits per heavy atom. The molecule has 1 N–H and O–H groups in total. The lowest BCUT2D eigenvalue weighted by Gasteiger charge is -2.26. The van der Waals surface area contributed by atoms with Crippen LogP contribution in [-0.4, -0.2) is 44.4 Å². The topological polar surface area (TPSA) is 84.9 Å². The van der Waals surface area contributed by atoms with Crippen LogP contribution < -0.4 is 14.8 Å². The average molecular weight is 467 g/mol. The van der Waals surface area contributed by atoms with Gasteiger partial charge in [-0.25, -0.2) is 8.42 Å². The van der Waals surface area contributed by atoms with Crippen molar-refractivity contribution in [2.45, 2.75) is 44.1 Å². The summed E-state index contributed by atoms with van der Waals surface area (Å²) in [6, 6.07) is 11.3. The predicted molar refractivity (Wildman–Crippen MR) is 120 cm³/mol. The van der Waals surface area contributed by atoms with E-state index in [0.29, 0.717) is 29.6 Å². The number of ether oxygens (including phenoxy) is 2. The van der Waals surface area contributed by atoms with Gasteiger partial charge in [0.15, 0.2) is 6.61 Å². The van der Waals surface area contributed by atoms with Gasteiger partial charge in [-0.05, 0) is 63.1 Å². The van der Waals surface area contributed by atoms with Crippen molar-refractivity contribution < 1.29 is 22.7 Å². The molecule has 9 heteroatoms. The van der Waals surface area contributed by atoms with Crippen molar-refractivity contribution in [2.75, 3.05) is 25.0 Å². The molecule has 0 saturated carbocycles. The van der Waals surface area contributed by atoms with Gasteiger partial charge in [0.25, 0.3) is 5.91 Å². The average Bonchev–Trinajstić information content (AvgIpc) is 2.74. The number of amides is 1. The van der Waals surface area contributed by atoms with Gasteiger partial charge in [-0.1, -0.05) is 24.1 Å². The Bertz CT molecular complexity index is 1020. The molecule has 0 unspecified atom stereocenters. The second-order valence-corrected chi connectivity index (χ2v) is 9.96. The fraction of sp³-hybridized carbons (Fsp3) is 0.409. The number of piperidine rings is 1. The Morgan fingerprint density at radius 3 is 2.55 bits per heavy atom. The van der Waals surface area contributed by atoms with E-state index in [9.17, 15) is 13.2 Å². The molecule has 168 valence electrons. The summed E-state index contributed by atoms with van der Waals surface area (Å²) in [4.78, 5) is 12.6. The predicted octanol–water partition coefficient (Wildman–Crippen LogP) is 4.32. The number of hydrogen-bond acceptors (Lipinski definition) is 5. The summed E-state index contributed by atoms with van der Waals surface area (Å²) in [6.07, 6.45) is 2.57. The van der Waals surface area contributed by atoms with Gasteiger partial charge in [-0.3, -0.25) is 4.79 Å². The first kappa shape index (κ1) is 23.4. The highest BCUT2D eigenvalue weighted by atomic mass is 35.5. The zero-order valence-electron chi connectivity index (χ0n) is 17.6. The normalized spacial score (nSPS) is 15.0. The third-order valence-corrected chi connectivity index (χ3v) is 6.84. The molecule has 7 nitrogen and oxygen atoms in total. The number of carbonyl (C=O) groups excluding carboxylic acids is 1. The lowest BCUT2D eigenvalue weighted by molar-refractivity contribution is -0.118. The Hall–Kier alpha value is -2.29. The summed E-state index contributed by atoms with van der Waals surface area (Å²) < 4.78 is 38.8. The largest absolute Gasteiger partial charge is 0.489 e. The van der Waals surface area contributed by atoms with Crippen LogP contribution in [0.15, 0.2) is 47.4 Å². The number of anilines is 1. The Kier molecular flexibility index (Phi) is 7.80. The molecule has 2 aromatic carbocycles. The van der Waals surface area contributed by atoms with Gasteiger partial charge in [0.05, 0.1) is 16.7 Å². The van der Waals surface area contributed by atoms with E-state index in [1.807, 2.05) is 13.8 Å². The molecule has 0 bridgehead atoms. The van der Waals surface area contributed by atoms with Gasteiger partial charge in [0.1, 0.15) is 11.5 Å². The maximum atomic E-state index is 13.0.